The first-order valence-corrected chi connectivity index (χ1v) is 5.54. The number of nitrogens with two attached hydrogens (primary N) is 1. The SMILES string of the molecule is Cc1c(C(=O)NCC(C)(C)C(N)=NO)cnn1C. The zero-order valence-electron chi connectivity index (χ0n) is 11.1. The molecule has 1 heterocycles. The number of aryl methyl sites for hydroxylation is 1. The van der Waals surface area contributed by atoms with Crippen LogP contribution in [0.1, 0.15) is 29.9 Å². The van der Waals surface area contributed by atoms with Gasteiger partial charge in [0.25, 0.3) is 5.91 Å². The van der Waals surface area contributed by atoms with Crippen molar-refractivity contribution in [1.82, 2.24) is 15.1 Å². The smallest absolute Gasteiger partial charge is 0.254 e. The quantitative estimate of drug-likeness (QED) is 0.309. The lowest BCUT2D eigenvalue weighted by Crippen LogP contribution is -2.42. The van der Waals surface area contributed by atoms with Gasteiger partial charge in [-0.25, -0.2) is 0 Å². The zero-order chi connectivity index (χ0) is 13.9. The van der Waals surface area contributed by atoms with Crippen molar-refractivity contribution in [2.45, 2.75) is 20.8 Å². The average Bonchev–Trinajstić information content (AvgIpc) is 2.66. The molecule has 1 amide bonds. The lowest BCUT2D eigenvalue weighted by atomic mass is 9.92. The third-order valence-electron chi connectivity index (χ3n) is 2.97. The van der Waals surface area contributed by atoms with E-state index in [1.165, 1.54) is 6.20 Å². The van der Waals surface area contributed by atoms with Gasteiger partial charge in [0, 0.05) is 24.7 Å². The van der Waals surface area contributed by atoms with Crippen LogP contribution in [0.3, 0.4) is 0 Å². The summed E-state index contributed by atoms with van der Waals surface area (Å²) in [6, 6.07) is 0. The van der Waals surface area contributed by atoms with Crippen LogP contribution < -0.4 is 11.1 Å². The fourth-order valence-electron chi connectivity index (χ4n) is 1.34. The van der Waals surface area contributed by atoms with E-state index in [1.807, 2.05) is 6.92 Å². The van der Waals surface area contributed by atoms with E-state index >= 15 is 0 Å². The highest BCUT2D eigenvalue weighted by molar-refractivity contribution is 5.95. The van der Waals surface area contributed by atoms with E-state index in [0.29, 0.717) is 5.56 Å². The van der Waals surface area contributed by atoms with E-state index in [9.17, 15) is 4.79 Å². The molecular formula is C11H19N5O2. The molecule has 0 unspecified atom stereocenters. The average molecular weight is 253 g/mol. The van der Waals surface area contributed by atoms with E-state index in [0.717, 1.165) is 5.69 Å². The van der Waals surface area contributed by atoms with Crippen LogP contribution in [0.15, 0.2) is 11.4 Å². The van der Waals surface area contributed by atoms with Gasteiger partial charge in [-0.05, 0) is 6.92 Å². The second-order valence-corrected chi connectivity index (χ2v) is 4.82. The van der Waals surface area contributed by atoms with Crippen molar-refractivity contribution in [3.63, 3.8) is 0 Å². The largest absolute Gasteiger partial charge is 0.409 e. The van der Waals surface area contributed by atoms with Crippen molar-refractivity contribution in [3.8, 4) is 0 Å². The number of rotatable bonds is 4. The topological polar surface area (TPSA) is 106 Å². The molecule has 7 nitrogen and oxygen atoms in total. The van der Waals surface area contributed by atoms with Gasteiger partial charge in [0.15, 0.2) is 0 Å². The molecule has 100 valence electrons. The molecule has 1 aromatic rings. The molecule has 0 spiro atoms. The number of nitrogens with zero attached hydrogens (tertiary/aromatic N) is 3. The Labute approximate surface area is 106 Å². The van der Waals surface area contributed by atoms with Crippen molar-refractivity contribution in [1.29, 1.82) is 0 Å². The Morgan fingerprint density at radius 3 is 2.72 bits per heavy atom. The Morgan fingerprint density at radius 1 is 1.67 bits per heavy atom. The summed E-state index contributed by atoms with van der Waals surface area (Å²) in [6.07, 6.45) is 1.52. The number of aromatic nitrogens is 2. The Balaban J connectivity index is 2.71. The highest BCUT2D eigenvalue weighted by atomic mass is 16.4. The summed E-state index contributed by atoms with van der Waals surface area (Å²) < 4.78 is 1.63. The third-order valence-corrected chi connectivity index (χ3v) is 2.97. The maximum Gasteiger partial charge on any atom is 0.254 e. The fourth-order valence-corrected chi connectivity index (χ4v) is 1.34. The molecule has 4 N–H and O–H groups in total. The van der Waals surface area contributed by atoms with Gasteiger partial charge in [-0.2, -0.15) is 5.10 Å². The highest BCUT2D eigenvalue weighted by Gasteiger charge is 2.25. The lowest BCUT2D eigenvalue weighted by Gasteiger charge is -2.22. The number of oxime groups is 1. The predicted molar refractivity (Wildman–Crippen MR) is 67.5 cm³/mol. The van der Waals surface area contributed by atoms with Crippen molar-refractivity contribution in [3.05, 3.63) is 17.5 Å². The van der Waals surface area contributed by atoms with Crippen LogP contribution >= 0.6 is 0 Å². The van der Waals surface area contributed by atoms with E-state index in [1.54, 1.807) is 25.6 Å². The number of carbonyl (C=O) groups excluding carboxylic acids is 1. The molecule has 0 radical (unpaired) electrons. The number of hydrogen-bond donors (Lipinski definition) is 3. The maximum absolute atomic E-state index is 11.9. The molecule has 7 heteroatoms. The summed E-state index contributed by atoms with van der Waals surface area (Å²) >= 11 is 0. The van der Waals surface area contributed by atoms with E-state index < -0.39 is 5.41 Å². The molecule has 0 aliphatic rings. The van der Waals surface area contributed by atoms with Crippen molar-refractivity contribution in [2.24, 2.45) is 23.4 Å². The second kappa shape index (κ2) is 5.07. The van der Waals surface area contributed by atoms with Gasteiger partial charge >= 0.3 is 0 Å². The molecule has 1 rings (SSSR count). The minimum absolute atomic E-state index is 0.0747. The Bertz CT molecular complexity index is 476. The molecule has 0 aliphatic heterocycles. The summed E-state index contributed by atoms with van der Waals surface area (Å²) in [5, 5.41) is 18.3. The van der Waals surface area contributed by atoms with Crippen molar-refractivity contribution < 1.29 is 10.0 Å². The van der Waals surface area contributed by atoms with E-state index in [4.69, 9.17) is 10.9 Å². The highest BCUT2D eigenvalue weighted by Crippen LogP contribution is 2.14. The maximum atomic E-state index is 11.9. The molecule has 0 aromatic carbocycles. The Hall–Kier alpha value is -2.05. The van der Waals surface area contributed by atoms with Gasteiger partial charge < -0.3 is 16.3 Å². The second-order valence-electron chi connectivity index (χ2n) is 4.82. The monoisotopic (exact) mass is 253 g/mol. The lowest BCUT2D eigenvalue weighted by molar-refractivity contribution is 0.0943. The van der Waals surface area contributed by atoms with Gasteiger partial charge in [0.05, 0.1) is 11.8 Å². The third kappa shape index (κ3) is 2.79. The molecule has 0 saturated heterocycles. The van der Waals surface area contributed by atoms with E-state index in [-0.39, 0.29) is 18.3 Å². The summed E-state index contributed by atoms with van der Waals surface area (Å²) in [6.45, 7) is 5.64. The summed E-state index contributed by atoms with van der Waals surface area (Å²) in [5.74, 6) is -0.148. The standard InChI is InChI=1S/C11H19N5O2/c1-7-8(5-14-16(7)4)9(17)13-6-11(2,3)10(12)15-18/h5,18H,6H2,1-4H3,(H2,12,15)(H,13,17). The molecule has 18 heavy (non-hydrogen) atoms. The number of hydrogen-bond acceptors (Lipinski definition) is 4. The number of nitrogens with one attached hydrogen (secondary N) is 1. The summed E-state index contributed by atoms with van der Waals surface area (Å²) in [7, 11) is 1.77. The van der Waals surface area contributed by atoms with Gasteiger partial charge in [0.1, 0.15) is 5.84 Å². The van der Waals surface area contributed by atoms with Crippen LogP contribution in [0, 0.1) is 12.3 Å². The molecule has 0 saturated carbocycles. The Morgan fingerprint density at radius 2 is 2.28 bits per heavy atom. The Kier molecular flexibility index (Phi) is 3.95. The molecule has 0 atom stereocenters. The molecule has 0 aliphatic carbocycles. The zero-order valence-corrected chi connectivity index (χ0v) is 11.1. The van der Waals surface area contributed by atoms with Crippen LogP contribution in [0.2, 0.25) is 0 Å². The van der Waals surface area contributed by atoms with Gasteiger partial charge in [0.2, 0.25) is 0 Å². The summed E-state index contributed by atoms with van der Waals surface area (Å²) in [4.78, 5) is 11.9. The first-order chi connectivity index (χ1) is 8.29. The molecule has 1 aromatic heterocycles. The van der Waals surface area contributed by atoms with Crippen LogP contribution in [0.4, 0.5) is 0 Å². The first-order valence-electron chi connectivity index (χ1n) is 5.54. The van der Waals surface area contributed by atoms with Crippen LogP contribution in [0.25, 0.3) is 0 Å². The number of amides is 1. The minimum Gasteiger partial charge on any atom is -0.409 e. The fraction of sp³-hybridized carbons (Fsp3) is 0.545. The van der Waals surface area contributed by atoms with Gasteiger partial charge in [-0.3, -0.25) is 9.48 Å². The first kappa shape index (κ1) is 14.0. The predicted octanol–water partition coefficient (Wildman–Crippen LogP) is 0.231. The molecule has 0 fully saturated rings. The molecular weight excluding hydrogens is 234 g/mol. The number of amidine groups is 1. The van der Waals surface area contributed by atoms with E-state index in [2.05, 4.69) is 15.6 Å². The normalized spacial score (nSPS) is 12.6. The summed E-state index contributed by atoms with van der Waals surface area (Å²) in [5.41, 5.74) is 6.24. The van der Waals surface area contributed by atoms with Gasteiger partial charge in [-0.1, -0.05) is 19.0 Å². The van der Waals surface area contributed by atoms with Crippen LogP contribution in [0.5, 0.6) is 0 Å². The number of carbonyl (C=O) groups is 1. The van der Waals surface area contributed by atoms with Crippen LogP contribution in [-0.2, 0) is 7.05 Å². The van der Waals surface area contributed by atoms with Crippen LogP contribution in [-0.4, -0.2) is 33.3 Å². The minimum atomic E-state index is -0.611. The van der Waals surface area contributed by atoms with Crippen molar-refractivity contribution >= 4 is 11.7 Å². The van der Waals surface area contributed by atoms with Crippen molar-refractivity contribution in [2.75, 3.05) is 6.54 Å². The molecule has 0 bridgehead atoms. The van der Waals surface area contributed by atoms with Gasteiger partial charge in [-0.15, -0.1) is 0 Å².